The lowest BCUT2D eigenvalue weighted by Gasteiger charge is -2.37. The first kappa shape index (κ1) is 15.9. The quantitative estimate of drug-likeness (QED) is 0.789. The first-order chi connectivity index (χ1) is 8.44. The van der Waals surface area contributed by atoms with E-state index in [0.717, 1.165) is 13.0 Å². The molecule has 1 aliphatic heterocycles. The van der Waals surface area contributed by atoms with Gasteiger partial charge in [-0.1, -0.05) is 12.8 Å². The summed E-state index contributed by atoms with van der Waals surface area (Å²) in [6.07, 6.45) is 0.959. The monoisotopic (exact) mass is 268 g/mol. The van der Waals surface area contributed by atoms with Crippen LogP contribution in [0.25, 0.3) is 0 Å². The second-order valence-corrected chi connectivity index (χ2v) is 7.19. The van der Waals surface area contributed by atoms with Crippen molar-refractivity contribution in [1.82, 2.24) is 10.2 Å². The third kappa shape index (κ3) is 5.65. The lowest BCUT2D eigenvalue weighted by molar-refractivity contribution is 0.217. The van der Waals surface area contributed by atoms with E-state index in [1.807, 2.05) is 0 Å². The van der Waals surface area contributed by atoms with Gasteiger partial charge < -0.3 is 10.2 Å². The van der Waals surface area contributed by atoms with E-state index in [1.54, 1.807) is 0 Å². The normalized spacial score (nSPS) is 23.3. The molecule has 1 aliphatic rings. The summed E-state index contributed by atoms with van der Waals surface area (Å²) in [5.41, 5.74) is 0.115. The third-order valence-corrected chi connectivity index (χ3v) is 4.21. The molecule has 2 atom stereocenters. The SMILES string of the molecule is CCNC(CC#CC(C)(C)C)C1CSCCN1C. The molecule has 2 nitrogen and oxygen atoms in total. The number of nitrogens with one attached hydrogen (secondary N) is 1. The minimum Gasteiger partial charge on any atom is -0.312 e. The lowest BCUT2D eigenvalue weighted by Crippen LogP contribution is -2.52. The smallest absolute Gasteiger partial charge is 0.0346 e. The summed E-state index contributed by atoms with van der Waals surface area (Å²) in [6.45, 7) is 10.9. The number of hydrogen-bond acceptors (Lipinski definition) is 3. The van der Waals surface area contributed by atoms with Gasteiger partial charge in [0.25, 0.3) is 0 Å². The minimum atomic E-state index is 0.115. The van der Waals surface area contributed by atoms with Crippen molar-refractivity contribution < 1.29 is 0 Å². The molecular weight excluding hydrogens is 240 g/mol. The van der Waals surface area contributed by atoms with E-state index in [0.29, 0.717) is 12.1 Å². The van der Waals surface area contributed by atoms with Crippen LogP contribution < -0.4 is 5.32 Å². The van der Waals surface area contributed by atoms with Crippen LogP contribution in [0.3, 0.4) is 0 Å². The van der Waals surface area contributed by atoms with E-state index < -0.39 is 0 Å². The fourth-order valence-electron chi connectivity index (χ4n) is 2.16. The second kappa shape index (κ2) is 7.43. The highest BCUT2D eigenvalue weighted by Crippen LogP contribution is 2.19. The summed E-state index contributed by atoms with van der Waals surface area (Å²) in [6, 6.07) is 1.13. The zero-order valence-electron chi connectivity index (χ0n) is 12.5. The van der Waals surface area contributed by atoms with Crippen molar-refractivity contribution in [3.8, 4) is 11.8 Å². The number of nitrogens with zero attached hydrogens (tertiary/aromatic N) is 1. The summed E-state index contributed by atoms with van der Waals surface area (Å²) < 4.78 is 0. The van der Waals surface area contributed by atoms with Crippen LogP contribution in [0.1, 0.15) is 34.1 Å². The van der Waals surface area contributed by atoms with Gasteiger partial charge in [-0.25, -0.2) is 0 Å². The Balaban J connectivity index is 2.60. The maximum absolute atomic E-state index is 3.61. The molecule has 18 heavy (non-hydrogen) atoms. The Morgan fingerprint density at radius 3 is 2.72 bits per heavy atom. The van der Waals surface area contributed by atoms with Gasteiger partial charge in [0.1, 0.15) is 0 Å². The van der Waals surface area contributed by atoms with Crippen molar-refractivity contribution in [3.63, 3.8) is 0 Å². The van der Waals surface area contributed by atoms with Crippen molar-refractivity contribution in [2.75, 3.05) is 31.6 Å². The first-order valence-electron chi connectivity index (χ1n) is 6.95. The molecule has 0 radical (unpaired) electrons. The summed E-state index contributed by atoms with van der Waals surface area (Å²) in [5, 5.41) is 3.61. The standard InChI is InChI=1S/C15H28N2S/c1-6-16-13(8-7-9-15(2,3)4)14-12-18-11-10-17(14)5/h13-14,16H,6,8,10-12H2,1-5H3. The molecule has 0 amide bonds. The van der Waals surface area contributed by atoms with Crippen molar-refractivity contribution in [2.24, 2.45) is 5.41 Å². The molecule has 0 bridgehead atoms. The largest absolute Gasteiger partial charge is 0.312 e. The lowest BCUT2D eigenvalue weighted by atomic mass is 9.96. The molecule has 1 fully saturated rings. The van der Waals surface area contributed by atoms with E-state index >= 15 is 0 Å². The molecule has 0 aromatic heterocycles. The molecule has 104 valence electrons. The van der Waals surface area contributed by atoms with E-state index in [2.05, 4.69) is 68.6 Å². The van der Waals surface area contributed by atoms with E-state index in [4.69, 9.17) is 0 Å². The van der Waals surface area contributed by atoms with Crippen LogP contribution in [0.15, 0.2) is 0 Å². The molecule has 1 rings (SSSR count). The van der Waals surface area contributed by atoms with Gasteiger partial charge in [-0.15, -0.1) is 5.92 Å². The molecule has 1 N–H and O–H groups in total. The average molecular weight is 268 g/mol. The fourth-order valence-corrected chi connectivity index (χ4v) is 3.47. The Morgan fingerprint density at radius 2 is 2.17 bits per heavy atom. The van der Waals surface area contributed by atoms with Crippen LogP contribution in [0, 0.1) is 17.3 Å². The van der Waals surface area contributed by atoms with Crippen LogP contribution >= 0.6 is 11.8 Å². The summed E-state index contributed by atoms with van der Waals surface area (Å²) in [7, 11) is 2.24. The second-order valence-electron chi connectivity index (χ2n) is 6.04. The van der Waals surface area contributed by atoms with Gasteiger partial charge in [0.2, 0.25) is 0 Å². The van der Waals surface area contributed by atoms with Crippen molar-refractivity contribution in [2.45, 2.75) is 46.2 Å². The Labute approximate surface area is 117 Å². The van der Waals surface area contributed by atoms with Gasteiger partial charge in [-0.2, -0.15) is 11.8 Å². The van der Waals surface area contributed by atoms with Crippen LogP contribution in [0.2, 0.25) is 0 Å². The van der Waals surface area contributed by atoms with Gasteiger partial charge in [0.05, 0.1) is 0 Å². The summed E-state index contributed by atoms with van der Waals surface area (Å²) in [5.74, 6) is 9.22. The summed E-state index contributed by atoms with van der Waals surface area (Å²) >= 11 is 2.07. The molecular formula is C15H28N2S. The predicted molar refractivity (Wildman–Crippen MR) is 83.1 cm³/mol. The van der Waals surface area contributed by atoms with Crippen molar-refractivity contribution >= 4 is 11.8 Å². The summed E-state index contributed by atoms with van der Waals surface area (Å²) in [4.78, 5) is 2.49. The Morgan fingerprint density at radius 1 is 1.44 bits per heavy atom. The Hall–Kier alpha value is -0.170. The molecule has 1 heterocycles. The molecule has 0 spiro atoms. The number of likely N-dealkylation sites (N-methyl/N-ethyl adjacent to an activating group) is 2. The van der Waals surface area contributed by atoms with Gasteiger partial charge in [-0.3, -0.25) is 0 Å². The maximum Gasteiger partial charge on any atom is 0.0346 e. The van der Waals surface area contributed by atoms with Crippen molar-refractivity contribution in [1.29, 1.82) is 0 Å². The van der Waals surface area contributed by atoms with Gasteiger partial charge in [0, 0.05) is 42.0 Å². The van der Waals surface area contributed by atoms with Gasteiger partial charge in [0.15, 0.2) is 0 Å². The highest BCUT2D eigenvalue weighted by molar-refractivity contribution is 7.99. The average Bonchev–Trinajstić information content (AvgIpc) is 2.27. The molecule has 3 heteroatoms. The molecule has 0 aromatic carbocycles. The fraction of sp³-hybridized carbons (Fsp3) is 0.867. The first-order valence-corrected chi connectivity index (χ1v) is 8.11. The Kier molecular flexibility index (Phi) is 6.55. The number of thioether (sulfide) groups is 1. The highest BCUT2D eigenvalue weighted by Gasteiger charge is 2.26. The Bertz CT molecular complexity index is 298. The van der Waals surface area contributed by atoms with E-state index in [-0.39, 0.29) is 5.41 Å². The van der Waals surface area contributed by atoms with Crippen molar-refractivity contribution in [3.05, 3.63) is 0 Å². The maximum atomic E-state index is 3.61. The van der Waals surface area contributed by atoms with Crippen LogP contribution in [-0.2, 0) is 0 Å². The minimum absolute atomic E-state index is 0.115. The number of rotatable bonds is 4. The van der Waals surface area contributed by atoms with Gasteiger partial charge in [-0.05, 0) is 34.4 Å². The van der Waals surface area contributed by atoms with Gasteiger partial charge >= 0.3 is 0 Å². The van der Waals surface area contributed by atoms with Crippen LogP contribution in [-0.4, -0.2) is 48.6 Å². The molecule has 2 unspecified atom stereocenters. The van der Waals surface area contributed by atoms with E-state index in [1.165, 1.54) is 18.1 Å². The zero-order chi connectivity index (χ0) is 13.6. The van der Waals surface area contributed by atoms with Crippen LogP contribution in [0.4, 0.5) is 0 Å². The molecule has 0 saturated carbocycles. The number of hydrogen-bond donors (Lipinski definition) is 1. The van der Waals surface area contributed by atoms with E-state index in [9.17, 15) is 0 Å². The molecule has 0 aromatic rings. The third-order valence-electron chi connectivity index (χ3n) is 3.16. The molecule has 0 aliphatic carbocycles. The topological polar surface area (TPSA) is 15.3 Å². The highest BCUT2D eigenvalue weighted by atomic mass is 32.2. The predicted octanol–water partition coefficient (Wildman–Crippen LogP) is 2.45. The molecule has 1 saturated heterocycles. The zero-order valence-corrected chi connectivity index (χ0v) is 13.4. The van der Waals surface area contributed by atoms with Crippen LogP contribution in [0.5, 0.6) is 0 Å².